The lowest BCUT2D eigenvalue weighted by molar-refractivity contribution is -0.139. The van der Waals surface area contributed by atoms with E-state index in [9.17, 15) is 4.79 Å². The van der Waals surface area contributed by atoms with E-state index < -0.39 is 0 Å². The number of aromatic nitrogens is 1. The molecule has 1 aromatic heterocycles. The molecule has 5 heteroatoms. The number of hydrogen-bond donors (Lipinski definition) is 1. The third-order valence-electron chi connectivity index (χ3n) is 2.00. The van der Waals surface area contributed by atoms with Gasteiger partial charge >= 0.3 is 5.97 Å². The second-order valence-corrected chi connectivity index (χ2v) is 5.58. The highest BCUT2D eigenvalue weighted by Crippen LogP contribution is 2.21. The molecule has 0 aliphatic carbocycles. The van der Waals surface area contributed by atoms with Crippen molar-refractivity contribution in [3.05, 3.63) is 22.3 Å². The van der Waals surface area contributed by atoms with Crippen LogP contribution in [0.25, 0.3) is 0 Å². The quantitative estimate of drug-likeness (QED) is 0.689. The number of carbonyl (C=O) groups excluding carboxylic acids is 1. The number of nitrogens with zero attached hydrogens (tertiary/aromatic N) is 1. The van der Waals surface area contributed by atoms with Gasteiger partial charge in [-0.3, -0.25) is 4.79 Å². The van der Waals surface area contributed by atoms with E-state index in [1.54, 1.807) is 0 Å². The maximum absolute atomic E-state index is 11.3. The summed E-state index contributed by atoms with van der Waals surface area (Å²) < 4.78 is 5.40. The Hall–Kier alpha value is -1.10. The molecule has 0 aliphatic heterocycles. The zero-order chi connectivity index (χ0) is 13.1. The van der Waals surface area contributed by atoms with Crippen LogP contribution in [0.3, 0.4) is 0 Å². The van der Waals surface area contributed by atoms with Crippen molar-refractivity contribution < 1.29 is 9.53 Å². The van der Waals surface area contributed by atoms with E-state index in [0.29, 0.717) is 5.82 Å². The molecule has 0 aliphatic rings. The normalized spacial score (nSPS) is 11.1. The molecule has 4 nitrogen and oxygen atoms in total. The van der Waals surface area contributed by atoms with Gasteiger partial charge in [0.05, 0.1) is 13.5 Å². The summed E-state index contributed by atoms with van der Waals surface area (Å²) in [6, 6.07) is 3.67. The number of anilines is 1. The lowest BCUT2D eigenvalue weighted by atomic mass is 10.1. The van der Waals surface area contributed by atoms with E-state index in [0.717, 1.165) is 10.2 Å². The van der Waals surface area contributed by atoms with Crippen LogP contribution in [0.5, 0.6) is 0 Å². The van der Waals surface area contributed by atoms with Crippen LogP contribution in [0.15, 0.2) is 16.7 Å². The molecule has 17 heavy (non-hydrogen) atoms. The number of halogens is 1. The van der Waals surface area contributed by atoms with Gasteiger partial charge < -0.3 is 10.1 Å². The van der Waals surface area contributed by atoms with Gasteiger partial charge in [0.1, 0.15) is 10.4 Å². The molecule has 1 N–H and O–H groups in total. The Morgan fingerprint density at radius 1 is 1.47 bits per heavy atom. The number of methoxy groups -OCH3 is 1. The second kappa shape index (κ2) is 5.49. The molecular formula is C12H17BrN2O2. The number of hydrogen-bond acceptors (Lipinski definition) is 4. The lowest BCUT2D eigenvalue weighted by Gasteiger charge is -2.23. The highest BCUT2D eigenvalue weighted by atomic mass is 79.9. The number of pyridine rings is 1. The summed E-state index contributed by atoms with van der Waals surface area (Å²) in [6.45, 7) is 6.12. The van der Waals surface area contributed by atoms with Gasteiger partial charge in [-0.1, -0.05) is 6.07 Å². The highest BCUT2D eigenvalue weighted by Gasteiger charge is 2.15. The standard InChI is InChI=1S/C12H17BrN2O2/c1-12(2,3)15-11-8(7-10(16)17-4)5-6-9(13)14-11/h5-6H,7H2,1-4H3,(H,14,15). The Morgan fingerprint density at radius 2 is 2.12 bits per heavy atom. The van der Waals surface area contributed by atoms with E-state index in [2.05, 4.69) is 31.0 Å². The maximum atomic E-state index is 11.3. The van der Waals surface area contributed by atoms with Crippen LogP contribution >= 0.6 is 15.9 Å². The van der Waals surface area contributed by atoms with Gasteiger partial charge in [-0.2, -0.15) is 0 Å². The van der Waals surface area contributed by atoms with Crippen molar-refractivity contribution in [3.63, 3.8) is 0 Å². The number of nitrogens with one attached hydrogen (secondary N) is 1. The Kier molecular flexibility index (Phi) is 4.51. The van der Waals surface area contributed by atoms with Gasteiger partial charge in [0.25, 0.3) is 0 Å². The van der Waals surface area contributed by atoms with Crippen LogP contribution in [-0.2, 0) is 16.0 Å². The molecule has 1 heterocycles. The number of carbonyl (C=O) groups is 1. The molecule has 0 amide bonds. The van der Waals surface area contributed by atoms with Crippen molar-refractivity contribution in [1.82, 2.24) is 4.98 Å². The van der Waals surface area contributed by atoms with E-state index in [4.69, 9.17) is 0 Å². The fraction of sp³-hybridized carbons (Fsp3) is 0.500. The first-order chi connectivity index (χ1) is 7.81. The molecule has 0 unspecified atom stereocenters. The van der Waals surface area contributed by atoms with Crippen LogP contribution in [0.2, 0.25) is 0 Å². The van der Waals surface area contributed by atoms with Crippen molar-refractivity contribution in [2.75, 3.05) is 12.4 Å². The largest absolute Gasteiger partial charge is 0.469 e. The topological polar surface area (TPSA) is 51.2 Å². The highest BCUT2D eigenvalue weighted by molar-refractivity contribution is 9.10. The number of esters is 1. The van der Waals surface area contributed by atoms with Crippen molar-refractivity contribution in [2.45, 2.75) is 32.7 Å². The predicted octanol–water partition coefficient (Wildman–Crippen LogP) is 2.77. The molecule has 94 valence electrons. The Morgan fingerprint density at radius 3 is 2.65 bits per heavy atom. The molecule has 1 rings (SSSR count). The van der Waals surface area contributed by atoms with Crippen molar-refractivity contribution in [3.8, 4) is 0 Å². The minimum absolute atomic E-state index is 0.112. The molecule has 0 bridgehead atoms. The molecule has 0 aromatic carbocycles. The van der Waals surface area contributed by atoms with Gasteiger partial charge in [0.2, 0.25) is 0 Å². The molecule has 0 radical (unpaired) electrons. The molecule has 0 atom stereocenters. The van der Waals surface area contributed by atoms with Gasteiger partial charge in [-0.25, -0.2) is 4.98 Å². The Balaban J connectivity index is 2.99. The first kappa shape index (κ1) is 14.0. The fourth-order valence-electron chi connectivity index (χ4n) is 1.30. The summed E-state index contributed by atoms with van der Waals surface area (Å²) >= 11 is 3.32. The van der Waals surface area contributed by atoms with Crippen LogP contribution in [0.1, 0.15) is 26.3 Å². The average Bonchev–Trinajstić information content (AvgIpc) is 2.19. The molecule has 1 aromatic rings. The summed E-state index contributed by atoms with van der Waals surface area (Å²) in [7, 11) is 1.38. The Labute approximate surface area is 110 Å². The summed E-state index contributed by atoms with van der Waals surface area (Å²) in [5, 5.41) is 3.27. The van der Waals surface area contributed by atoms with Crippen molar-refractivity contribution in [2.24, 2.45) is 0 Å². The van der Waals surface area contributed by atoms with E-state index in [1.165, 1.54) is 7.11 Å². The van der Waals surface area contributed by atoms with Crippen LogP contribution in [0, 0.1) is 0 Å². The van der Waals surface area contributed by atoms with Crippen molar-refractivity contribution in [1.29, 1.82) is 0 Å². The third kappa shape index (κ3) is 4.73. The first-order valence-corrected chi connectivity index (χ1v) is 6.11. The molecule has 0 spiro atoms. The lowest BCUT2D eigenvalue weighted by Crippen LogP contribution is -2.27. The van der Waals surface area contributed by atoms with E-state index in [-0.39, 0.29) is 17.9 Å². The van der Waals surface area contributed by atoms with E-state index in [1.807, 2.05) is 32.9 Å². The summed E-state index contributed by atoms with van der Waals surface area (Å²) in [6.07, 6.45) is 0.217. The SMILES string of the molecule is COC(=O)Cc1ccc(Br)nc1NC(C)(C)C. The zero-order valence-electron chi connectivity index (χ0n) is 10.5. The van der Waals surface area contributed by atoms with Crippen molar-refractivity contribution >= 4 is 27.7 Å². The van der Waals surface area contributed by atoms with Crippen LogP contribution in [0.4, 0.5) is 5.82 Å². The second-order valence-electron chi connectivity index (χ2n) is 4.77. The Bertz CT molecular complexity index is 413. The minimum atomic E-state index is -0.272. The minimum Gasteiger partial charge on any atom is -0.469 e. The van der Waals surface area contributed by atoms with Gasteiger partial charge in [0.15, 0.2) is 0 Å². The summed E-state index contributed by atoms with van der Waals surface area (Å²) in [4.78, 5) is 15.6. The van der Waals surface area contributed by atoms with Crippen LogP contribution < -0.4 is 5.32 Å². The maximum Gasteiger partial charge on any atom is 0.310 e. The molecular weight excluding hydrogens is 284 g/mol. The zero-order valence-corrected chi connectivity index (χ0v) is 12.1. The average molecular weight is 301 g/mol. The smallest absolute Gasteiger partial charge is 0.310 e. The summed E-state index contributed by atoms with van der Waals surface area (Å²) in [5.74, 6) is 0.434. The molecule has 0 saturated carbocycles. The van der Waals surface area contributed by atoms with Gasteiger partial charge in [-0.15, -0.1) is 0 Å². The third-order valence-corrected chi connectivity index (χ3v) is 2.44. The molecule has 0 fully saturated rings. The van der Waals surface area contributed by atoms with Gasteiger partial charge in [0, 0.05) is 11.1 Å². The monoisotopic (exact) mass is 300 g/mol. The predicted molar refractivity (Wildman–Crippen MR) is 71.0 cm³/mol. The fourth-order valence-corrected chi connectivity index (χ4v) is 1.61. The van der Waals surface area contributed by atoms with E-state index >= 15 is 0 Å². The first-order valence-electron chi connectivity index (χ1n) is 5.32. The van der Waals surface area contributed by atoms with Gasteiger partial charge in [-0.05, 0) is 42.8 Å². The number of ether oxygens (including phenoxy) is 1. The summed E-state index contributed by atoms with van der Waals surface area (Å²) in [5.41, 5.74) is 0.716. The van der Waals surface area contributed by atoms with Crippen LogP contribution in [-0.4, -0.2) is 23.6 Å². The number of rotatable bonds is 3. The molecule has 0 saturated heterocycles.